The summed E-state index contributed by atoms with van der Waals surface area (Å²) in [4.78, 5) is 2.62. The topological polar surface area (TPSA) is 40.6 Å². The molecule has 0 aliphatic carbocycles. The summed E-state index contributed by atoms with van der Waals surface area (Å²) in [5, 5.41) is 0.537. The van der Waals surface area contributed by atoms with Gasteiger partial charge in [-0.2, -0.15) is 4.31 Å². The Hall–Kier alpha value is -1.40. The zero-order valence-corrected chi connectivity index (χ0v) is 15.2. The highest BCUT2D eigenvalue weighted by molar-refractivity contribution is 7.89. The fraction of sp³-hybridized carbons (Fsp3) is 0.333. The number of hydrogen-bond acceptors (Lipinski definition) is 3. The van der Waals surface area contributed by atoms with E-state index in [1.165, 1.54) is 5.56 Å². The molecule has 3 rings (SSSR count). The van der Waals surface area contributed by atoms with Gasteiger partial charge in [-0.15, -0.1) is 0 Å². The average Bonchev–Trinajstić information content (AvgIpc) is 2.62. The molecule has 1 saturated heterocycles. The molecule has 2 aromatic carbocycles. The van der Waals surface area contributed by atoms with E-state index in [2.05, 4.69) is 24.0 Å². The number of piperazine rings is 1. The molecule has 1 fully saturated rings. The van der Waals surface area contributed by atoms with Gasteiger partial charge >= 0.3 is 0 Å². The second kappa shape index (κ2) is 7.23. The highest BCUT2D eigenvalue weighted by Crippen LogP contribution is 2.24. The molecular weight excluding hydrogens is 344 g/mol. The molecule has 0 amide bonds. The fourth-order valence-electron chi connectivity index (χ4n) is 3.03. The standard InChI is InChI=1S/C18H21ClN2O2S/c1-15(16-5-3-2-4-6-16)20-11-13-21(14-12-20)24(22,23)18-9-7-17(19)8-10-18/h2-10,15H,11-14H2,1H3/t15-/m0/s1. The van der Waals surface area contributed by atoms with Gasteiger partial charge in [-0.1, -0.05) is 41.9 Å². The van der Waals surface area contributed by atoms with Crippen LogP contribution in [0.5, 0.6) is 0 Å². The smallest absolute Gasteiger partial charge is 0.243 e. The lowest BCUT2D eigenvalue weighted by Gasteiger charge is -2.37. The van der Waals surface area contributed by atoms with Crippen LogP contribution in [0.15, 0.2) is 59.5 Å². The van der Waals surface area contributed by atoms with Crippen molar-refractivity contribution < 1.29 is 8.42 Å². The summed E-state index contributed by atoms with van der Waals surface area (Å²) in [5.74, 6) is 0. The Morgan fingerprint density at radius 1 is 0.917 bits per heavy atom. The van der Waals surface area contributed by atoms with Crippen LogP contribution in [0.4, 0.5) is 0 Å². The zero-order chi connectivity index (χ0) is 17.2. The van der Waals surface area contributed by atoms with E-state index in [1.54, 1.807) is 28.6 Å². The number of benzene rings is 2. The summed E-state index contributed by atoms with van der Waals surface area (Å²) in [6, 6.07) is 16.9. The molecule has 6 heteroatoms. The van der Waals surface area contributed by atoms with Gasteiger partial charge in [-0.05, 0) is 36.8 Å². The third-order valence-electron chi connectivity index (χ3n) is 4.55. The van der Waals surface area contributed by atoms with Crippen LogP contribution in [0.1, 0.15) is 18.5 Å². The molecule has 128 valence electrons. The SMILES string of the molecule is C[C@@H](c1ccccc1)N1CCN(S(=O)(=O)c2ccc(Cl)cc2)CC1. The van der Waals surface area contributed by atoms with Gasteiger partial charge in [0, 0.05) is 37.2 Å². The molecule has 0 saturated carbocycles. The minimum atomic E-state index is -3.44. The van der Waals surface area contributed by atoms with E-state index < -0.39 is 10.0 Å². The minimum absolute atomic E-state index is 0.284. The van der Waals surface area contributed by atoms with Gasteiger partial charge < -0.3 is 0 Å². The molecule has 1 heterocycles. The van der Waals surface area contributed by atoms with Gasteiger partial charge in [0.25, 0.3) is 0 Å². The van der Waals surface area contributed by atoms with Crippen LogP contribution in [-0.4, -0.2) is 43.8 Å². The minimum Gasteiger partial charge on any atom is -0.294 e. The molecular formula is C18H21ClN2O2S. The van der Waals surface area contributed by atoms with E-state index in [-0.39, 0.29) is 6.04 Å². The van der Waals surface area contributed by atoms with Gasteiger partial charge in [0.1, 0.15) is 0 Å². The number of nitrogens with zero attached hydrogens (tertiary/aromatic N) is 2. The number of hydrogen-bond donors (Lipinski definition) is 0. The quantitative estimate of drug-likeness (QED) is 0.834. The van der Waals surface area contributed by atoms with Gasteiger partial charge in [0.05, 0.1) is 4.90 Å². The Bertz CT molecular complexity index is 770. The van der Waals surface area contributed by atoms with E-state index in [1.807, 2.05) is 18.2 Å². The van der Waals surface area contributed by atoms with Crippen molar-refractivity contribution in [2.75, 3.05) is 26.2 Å². The first-order chi connectivity index (χ1) is 11.5. The van der Waals surface area contributed by atoms with Crippen molar-refractivity contribution in [2.45, 2.75) is 17.9 Å². The van der Waals surface area contributed by atoms with Crippen molar-refractivity contribution in [1.82, 2.24) is 9.21 Å². The Labute approximate surface area is 148 Å². The Balaban J connectivity index is 1.67. The van der Waals surface area contributed by atoms with Crippen LogP contribution in [-0.2, 0) is 10.0 Å². The molecule has 0 unspecified atom stereocenters. The number of rotatable bonds is 4. The molecule has 0 bridgehead atoms. The normalized spacial score (nSPS) is 18.4. The lowest BCUT2D eigenvalue weighted by Crippen LogP contribution is -2.49. The van der Waals surface area contributed by atoms with Gasteiger partial charge in [0.2, 0.25) is 10.0 Å². The lowest BCUT2D eigenvalue weighted by atomic mass is 10.1. The summed E-state index contributed by atoms with van der Waals surface area (Å²) in [6.45, 7) is 4.62. The predicted octanol–water partition coefficient (Wildman–Crippen LogP) is 3.41. The van der Waals surface area contributed by atoms with Gasteiger partial charge in [-0.3, -0.25) is 4.90 Å². The fourth-order valence-corrected chi connectivity index (χ4v) is 4.58. The maximum absolute atomic E-state index is 12.7. The van der Waals surface area contributed by atoms with E-state index in [9.17, 15) is 8.42 Å². The predicted molar refractivity (Wildman–Crippen MR) is 96.6 cm³/mol. The number of sulfonamides is 1. The molecule has 1 aliphatic rings. The van der Waals surface area contributed by atoms with Crippen LogP contribution in [0.3, 0.4) is 0 Å². The van der Waals surface area contributed by atoms with E-state index in [0.29, 0.717) is 23.0 Å². The first-order valence-electron chi connectivity index (χ1n) is 8.03. The summed E-state index contributed by atoms with van der Waals surface area (Å²) >= 11 is 5.84. The van der Waals surface area contributed by atoms with E-state index in [4.69, 9.17) is 11.6 Å². The van der Waals surface area contributed by atoms with Crippen LogP contribution < -0.4 is 0 Å². The summed E-state index contributed by atoms with van der Waals surface area (Å²) in [5.41, 5.74) is 1.26. The summed E-state index contributed by atoms with van der Waals surface area (Å²) in [6.07, 6.45) is 0. The van der Waals surface area contributed by atoms with E-state index >= 15 is 0 Å². The Morgan fingerprint density at radius 2 is 1.50 bits per heavy atom. The molecule has 1 atom stereocenters. The molecule has 4 nitrogen and oxygen atoms in total. The zero-order valence-electron chi connectivity index (χ0n) is 13.6. The summed E-state index contributed by atoms with van der Waals surface area (Å²) < 4.78 is 27.0. The Morgan fingerprint density at radius 3 is 2.08 bits per heavy atom. The largest absolute Gasteiger partial charge is 0.294 e. The van der Waals surface area contributed by atoms with Crippen molar-refractivity contribution in [1.29, 1.82) is 0 Å². The highest BCUT2D eigenvalue weighted by Gasteiger charge is 2.30. The number of halogens is 1. The first kappa shape index (κ1) is 17.4. The Kier molecular flexibility index (Phi) is 5.25. The van der Waals surface area contributed by atoms with Gasteiger partial charge in [-0.25, -0.2) is 8.42 Å². The highest BCUT2D eigenvalue weighted by atomic mass is 35.5. The van der Waals surface area contributed by atoms with Crippen LogP contribution in [0, 0.1) is 0 Å². The molecule has 0 aromatic heterocycles. The second-order valence-corrected chi connectivity index (χ2v) is 8.36. The first-order valence-corrected chi connectivity index (χ1v) is 9.85. The lowest BCUT2D eigenvalue weighted by molar-refractivity contribution is 0.146. The van der Waals surface area contributed by atoms with Gasteiger partial charge in [0.15, 0.2) is 0 Å². The molecule has 0 N–H and O–H groups in total. The third kappa shape index (κ3) is 3.64. The maximum Gasteiger partial charge on any atom is 0.243 e. The van der Waals surface area contributed by atoms with Crippen LogP contribution in [0.2, 0.25) is 5.02 Å². The van der Waals surface area contributed by atoms with Crippen LogP contribution >= 0.6 is 11.6 Å². The van der Waals surface area contributed by atoms with Crippen molar-refractivity contribution in [3.8, 4) is 0 Å². The molecule has 2 aromatic rings. The van der Waals surface area contributed by atoms with E-state index in [0.717, 1.165) is 13.1 Å². The summed E-state index contributed by atoms with van der Waals surface area (Å²) in [7, 11) is -3.44. The second-order valence-electron chi connectivity index (χ2n) is 5.98. The monoisotopic (exact) mass is 364 g/mol. The molecule has 0 radical (unpaired) electrons. The third-order valence-corrected chi connectivity index (χ3v) is 6.72. The maximum atomic E-state index is 12.7. The molecule has 24 heavy (non-hydrogen) atoms. The molecule has 1 aliphatic heterocycles. The van der Waals surface area contributed by atoms with Crippen LogP contribution in [0.25, 0.3) is 0 Å². The van der Waals surface area contributed by atoms with Crippen molar-refractivity contribution in [3.05, 3.63) is 65.2 Å². The van der Waals surface area contributed by atoms with Crippen molar-refractivity contribution >= 4 is 21.6 Å². The molecule has 0 spiro atoms. The van der Waals surface area contributed by atoms with Crippen molar-refractivity contribution in [3.63, 3.8) is 0 Å². The average molecular weight is 365 g/mol. The van der Waals surface area contributed by atoms with Crippen molar-refractivity contribution in [2.24, 2.45) is 0 Å².